The first kappa shape index (κ1) is 18.4. The minimum absolute atomic E-state index is 0.0792. The molecule has 0 radical (unpaired) electrons. The van der Waals surface area contributed by atoms with E-state index in [-0.39, 0.29) is 18.7 Å². The van der Waals surface area contributed by atoms with Gasteiger partial charge >= 0.3 is 5.97 Å². The molecule has 1 heterocycles. The standard InChI is InChI=1S/C17H16ClN3O4/c18-12-5-3-4-11(8-12)9-14(17(24)25)21-15(22)10-20-16(23)13-6-1-2-7-19-13/h1-8,14H,9-10H2,(H,20,23)(H,21,22)(H,24,25). The number of carbonyl (C=O) groups is 3. The summed E-state index contributed by atoms with van der Waals surface area (Å²) in [5.41, 5.74) is 0.849. The monoisotopic (exact) mass is 361 g/mol. The zero-order valence-electron chi connectivity index (χ0n) is 13.1. The summed E-state index contributed by atoms with van der Waals surface area (Å²) in [5.74, 6) is -2.31. The van der Waals surface area contributed by atoms with Gasteiger partial charge in [-0.1, -0.05) is 29.8 Å². The lowest BCUT2D eigenvalue weighted by Gasteiger charge is -2.15. The van der Waals surface area contributed by atoms with Crippen molar-refractivity contribution in [3.63, 3.8) is 0 Å². The first-order chi connectivity index (χ1) is 12.0. The Morgan fingerprint density at radius 1 is 1.16 bits per heavy atom. The Labute approximate surface area is 149 Å². The number of benzene rings is 1. The number of nitrogens with zero attached hydrogens (tertiary/aromatic N) is 1. The highest BCUT2D eigenvalue weighted by atomic mass is 35.5. The average molecular weight is 362 g/mol. The minimum atomic E-state index is -1.18. The molecule has 0 bridgehead atoms. The summed E-state index contributed by atoms with van der Waals surface area (Å²) in [6, 6.07) is 10.4. The van der Waals surface area contributed by atoms with Crippen LogP contribution in [0, 0.1) is 0 Å². The summed E-state index contributed by atoms with van der Waals surface area (Å²) in [5, 5.41) is 14.5. The van der Waals surface area contributed by atoms with Gasteiger partial charge in [0, 0.05) is 17.6 Å². The summed E-state index contributed by atoms with van der Waals surface area (Å²) >= 11 is 5.87. The Balaban J connectivity index is 1.89. The third-order valence-electron chi connectivity index (χ3n) is 3.27. The van der Waals surface area contributed by atoms with Crippen LogP contribution in [-0.4, -0.2) is 40.5 Å². The van der Waals surface area contributed by atoms with E-state index < -0.39 is 23.8 Å². The SMILES string of the molecule is O=C(CNC(=O)c1ccccn1)NC(Cc1cccc(Cl)c1)C(=O)O. The molecule has 25 heavy (non-hydrogen) atoms. The van der Waals surface area contributed by atoms with Crippen LogP contribution >= 0.6 is 11.6 Å². The van der Waals surface area contributed by atoms with Crippen LogP contribution in [0.3, 0.4) is 0 Å². The summed E-state index contributed by atoms with van der Waals surface area (Å²) in [7, 11) is 0. The molecule has 2 aromatic rings. The van der Waals surface area contributed by atoms with Crippen molar-refractivity contribution in [1.29, 1.82) is 0 Å². The van der Waals surface area contributed by atoms with E-state index in [1.165, 1.54) is 12.3 Å². The molecule has 2 rings (SSSR count). The van der Waals surface area contributed by atoms with Gasteiger partial charge in [0.15, 0.2) is 0 Å². The Bertz CT molecular complexity index is 767. The smallest absolute Gasteiger partial charge is 0.326 e. The van der Waals surface area contributed by atoms with Crippen molar-refractivity contribution in [3.8, 4) is 0 Å². The second kappa shape index (κ2) is 8.79. The molecule has 1 aromatic carbocycles. The maximum atomic E-state index is 11.9. The molecule has 1 atom stereocenters. The van der Waals surface area contributed by atoms with Gasteiger partial charge in [0.1, 0.15) is 11.7 Å². The van der Waals surface area contributed by atoms with Gasteiger partial charge in [0.25, 0.3) is 5.91 Å². The number of hydrogen-bond acceptors (Lipinski definition) is 4. The fourth-order valence-electron chi connectivity index (χ4n) is 2.09. The van der Waals surface area contributed by atoms with Gasteiger partial charge in [-0.25, -0.2) is 4.79 Å². The number of pyridine rings is 1. The van der Waals surface area contributed by atoms with Gasteiger partial charge < -0.3 is 15.7 Å². The minimum Gasteiger partial charge on any atom is -0.480 e. The normalized spacial score (nSPS) is 11.4. The lowest BCUT2D eigenvalue weighted by atomic mass is 10.1. The van der Waals surface area contributed by atoms with Crippen molar-refractivity contribution in [1.82, 2.24) is 15.6 Å². The van der Waals surface area contributed by atoms with E-state index in [9.17, 15) is 19.5 Å². The van der Waals surface area contributed by atoms with Gasteiger partial charge in [-0.3, -0.25) is 14.6 Å². The van der Waals surface area contributed by atoms with Crippen molar-refractivity contribution in [3.05, 3.63) is 64.9 Å². The number of nitrogens with one attached hydrogen (secondary N) is 2. The van der Waals surface area contributed by atoms with Gasteiger partial charge in [0.05, 0.1) is 6.54 Å². The van der Waals surface area contributed by atoms with Crippen LogP contribution in [0.4, 0.5) is 0 Å². The van der Waals surface area contributed by atoms with Crippen molar-refractivity contribution in [2.75, 3.05) is 6.54 Å². The second-order valence-electron chi connectivity index (χ2n) is 5.19. The fourth-order valence-corrected chi connectivity index (χ4v) is 2.31. The Morgan fingerprint density at radius 2 is 1.96 bits per heavy atom. The predicted molar refractivity (Wildman–Crippen MR) is 91.3 cm³/mol. The van der Waals surface area contributed by atoms with Gasteiger partial charge in [-0.05, 0) is 29.8 Å². The molecule has 0 aliphatic carbocycles. The molecule has 0 fully saturated rings. The van der Waals surface area contributed by atoms with Gasteiger partial charge in [0.2, 0.25) is 5.91 Å². The maximum absolute atomic E-state index is 11.9. The zero-order valence-corrected chi connectivity index (χ0v) is 13.9. The topological polar surface area (TPSA) is 108 Å². The molecule has 3 N–H and O–H groups in total. The zero-order chi connectivity index (χ0) is 18.2. The molecule has 0 saturated heterocycles. The molecule has 1 unspecified atom stereocenters. The number of halogens is 1. The quantitative estimate of drug-likeness (QED) is 0.688. The summed E-state index contributed by atoms with van der Waals surface area (Å²) < 4.78 is 0. The van der Waals surface area contributed by atoms with Crippen molar-refractivity contribution in [2.45, 2.75) is 12.5 Å². The van der Waals surface area contributed by atoms with Crippen LogP contribution in [0.2, 0.25) is 5.02 Å². The maximum Gasteiger partial charge on any atom is 0.326 e. The largest absolute Gasteiger partial charge is 0.480 e. The molecular formula is C17H16ClN3O4. The average Bonchev–Trinajstić information content (AvgIpc) is 2.60. The molecule has 0 aliphatic rings. The summed E-state index contributed by atoms with van der Waals surface area (Å²) in [6.45, 7) is -0.352. The van der Waals surface area contributed by atoms with Gasteiger partial charge in [-0.15, -0.1) is 0 Å². The first-order valence-electron chi connectivity index (χ1n) is 7.41. The molecular weight excluding hydrogens is 346 g/mol. The van der Waals surface area contributed by atoms with Crippen LogP contribution in [0.5, 0.6) is 0 Å². The van der Waals surface area contributed by atoms with Crippen LogP contribution in [0.15, 0.2) is 48.7 Å². The van der Waals surface area contributed by atoms with Crippen molar-refractivity contribution >= 4 is 29.4 Å². The highest BCUT2D eigenvalue weighted by Crippen LogP contribution is 2.12. The van der Waals surface area contributed by atoms with E-state index in [4.69, 9.17) is 11.6 Å². The second-order valence-corrected chi connectivity index (χ2v) is 5.63. The number of amides is 2. The highest BCUT2D eigenvalue weighted by Gasteiger charge is 2.21. The predicted octanol–water partition coefficient (Wildman–Crippen LogP) is 1.28. The first-order valence-corrected chi connectivity index (χ1v) is 7.79. The molecule has 7 nitrogen and oxygen atoms in total. The van der Waals surface area contributed by atoms with E-state index in [2.05, 4.69) is 15.6 Å². The van der Waals surface area contributed by atoms with E-state index in [0.29, 0.717) is 10.6 Å². The molecule has 2 amide bonds. The highest BCUT2D eigenvalue weighted by molar-refractivity contribution is 6.30. The molecule has 0 spiro atoms. The molecule has 130 valence electrons. The molecule has 0 aliphatic heterocycles. The van der Waals surface area contributed by atoms with Crippen LogP contribution in [-0.2, 0) is 16.0 Å². The number of carboxylic acid groups (broad SMARTS) is 1. The van der Waals surface area contributed by atoms with Crippen LogP contribution in [0.1, 0.15) is 16.1 Å². The number of rotatable bonds is 7. The third kappa shape index (κ3) is 5.89. The van der Waals surface area contributed by atoms with Crippen molar-refractivity contribution in [2.24, 2.45) is 0 Å². The summed E-state index contributed by atoms with van der Waals surface area (Å²) in [6.07, 6.45) is 1.54. The number of aromatic nitrogens is 1. The number of hydrogen-bond donors (Lipinski definition) is 3. The number of carbonyl (C=O) groups excluding carboxylic acids is 2. The lowest BCUT2D eigenvalue weighted by molar-refractivity contribution is -0.141. The lowest BCUT2D eigenvalue weighted by Crippen LogP contribution is -2.46. The van der Waals surface area contributed by atoms with E-state index >= 15 is 0 Å². The molecule has 0 saturated carbocycles. The van der Waals surface area contributed by atoms with Crippen LogP contribution in [0.25, 0.3) is 0 Å². The third-order valence-corrected chi connectivity index (χ3v) is 3.50. The molecule has 8 heteroatoms. The van der Waals surface area contributed by atoms with Crippen molar-refractivity contribution < 1.29 is 19.5 Å². The Hall–Kier alpha value is -2.93. The number of aliphatic carboxylic acids is 1. The van der Waals surface area contributed by atoms with Crippen LogP contribution < -0.4 is 10.6 Å². The summed E-state index contributed by atoms with van der Waals surface area (Å²) in [4.78, 5) is 38.9. The van der Waals surface area contributed by atoms with E-state index in [1.807, 2.05) is 0 Å². The molecule has 1 aromatic heterocycles. The fraction of sp³-hybridized carbons (Fsp3) is 0.176. The Kier molecular flexibility index (Phi) is 6.47. The van der Waals surface area contributed by atoms with E-state index in [0.717, 1.165) is 0 Å². The number of carboxylic acids is 1. The Morgan fingerprint density at radius 3 is 2.60 bits per heavy atom. The van der Waals surface area contributed by atoms with E-state index in [1.54, 1.807) is 36.4 Å². The van der Waals surface area contributed by atoms with Gasteiger partial charge in [-0.2, -0.15) is 0 Å².